The van der Waals surface area contributed by atoms with E-state index >= 15 is 0 Å². The van der Waals surface area contributed by atoms with Crippen LogP contribution in [0.25, 0.3) is 0 Å². The Labute approximate surface area is 163 Å². The Morgan fingerprint density at radius 1 is 1.15 bits per heavy atom. The number of carbonyl (C=O) groups excluding carboxylic acids is 1. The van der Waals surface area contributed by atoms with Crippen molar-refractivity contribution in [2.45, 2.75) is 37.3 Å². The van der Waals surface area contributed by atoms with E-state index in [0.29, 0.717) is 18.6 Å². The fourth-order valence-corrected chi connectivity index (χ4v) is 4.52. The van der Waals surface area contributed by atoms with Crippen molar-refractivity contribution in [1.82, 2.24) is 4.90 Å². The normalized spacial score (nSPS) is 19.6. The average molecular weight is 385 g/mol. The number of amides is 1. The molecule has 0 saturated carbocycles. The highest BCUT2D eigenvalue weighted by Crippen LogP contribution is 2.39. The molecule has 1 fully saturated rings. The summed E-state index contributed by atoms with van der Waals surface area (Å²) in [7, 11) is 0. The molecule has 3 rings (SSSR count). The molecule has 1 heterocycles. The van der Waals surface area contributed by atoms with Gasteiger partial charge in [-0.05, 0) is 25.8 Å². The number of hydrogen-bond donors (Lipinski definition) is 1. The van der Waals surface area contributed by atoms with Gasteiger partial charge in [0, 0.05) is 10.8 Å². The fourth-order valence-electron chi connectivity index (χ4n) is 3.38. The summed E-state index contributed by atoms with van der Waals surface area (Å²) in [5, 5.41) is 9.45. The first-order valence-corrected chi connectivity index (χ1v) is 9.73. The predicted octanol–water partition coefficient (Wildman–Crippen LogP) is 4.81. The van der Waals surface area contributed by atoms with Crippen LogP contribution in [-0.4, -0.2) is 39.6 Å². The molecular weight excluding hydrogens is 362 g/mol. The summed E-state index contributed by atoms with van der Waals surface area (Å²) in [6, 6.07) is 18.6. The molecule has 1 N–H and O–H groups in total. The lowest BCUT2D eigenvalue weighted by atomic mass is 10.0. The van der Waals surface area contributed by atoms with Crippen LogP contribution in [0.3, 0.4) is 0 Å². The van der Waals surface area contributed by atoms with Crippen molar-refractivity contribution in [2.75, 3.05) is 6.61 Å². The van der Waals surface area contributed by atoms with Crippen LogP contribution in [0.1, 0.15) is 41.4 Å². The van der Waals surface area contributed by atoms with E-state index in [-0.39, 0.29) is 16.4 Å². The zero-order valence-electron chi connectivity index (χ0n) is 15.4. The van der Waals surface area contributed by atoms with Gasteiger partial charge in [0.15, 0.2) is 0 Å². The lowest BCUT2D eigenvalue weighted by molar-refractivity contribution is -0.0421. The molecule has 1 amide bonds. The van der Waals surface area contributed by atoms with Gasteiger partial charge in [0.2, 0.25) is 5.12 Å². The van der Waals surface area contributed by atoms with Gasteiger partial charge in [-0.1, -0.05) is 72.4 Å². The summed E-state index contributed by atoms with van der Waals surface area (Å²) in [5.41, 5.74) is 0.773. The Balaban J connectivity index is 1.83. The van der Waals surface area contributed by atoms with Crippen molar-refractivity contribution >= 4 is 23.0 Å². The van der Waals surface area contributed by atoms with E-state index in [1.165, 1.54) is 16.7 Å². The van der Waals surface area contributed by atoms with Gasteiger partial charge in [-0.25, -0.2) is 4.79 Å². The van der Waals surface area contributed by atoms with Crippen molar-refractivity contribution in [2.24, 2.45) is 0 Å². The molecule has 5 nitrogen and oxygen atoms in total. The minimum Gasteiger partial charge on any atom is -0.465 e. The van der Waals surface area contributed by atoms with Gasteiger partial charge in [0.25, 0.3) is 0 Å². The van der Waals surface area contributed by atoms with E-state index in [0.717, 1.165) is 5.56 Å². The second kappa shape index (κ2) is 8.15. The molecule has 1 aliphatic heterocycles. The molecule has 27 heavy (non-hydrogen) atoms. The summed E-state index contributed by atoms with van der Waals surface area (Å²) in [4.78, 5) is 25.9. The first-order chi connectivity index (χ1) is 12.9. The predicted molar refractivity (Wildman–Crippen MR) is 106 cm³/mol. The first kappa shape index (κ1) is 19.5. The molecule has 0 bridgehead atoms. The minimum atomic E-state index is -1.01. The number of ether oxygens (including phenoxy) is 1. The zero-order chi connectivity index (χ0) is 19.4. The van der Waals surface area contributed by atoms with Crippen molar-refractivity contribution < 1.29 is 19.4 Å². The third-order valence-corrected chi connectivity index (χ3v) is 5.90. The molecule has 2 atom stereocenters. The van der Waals surface area contributed by atoms with E-state index in [9.17, 15) is 14.7 Å². The maximum atomic E-state index is 12.7. The van der Waals surface area contributed by atoms with Crippen LogP contribution in [0.5, 0.6) is 0 Å². The van der Waals surface area contributed by atoms with Crippen LogP contribution in [-0.2, 0) is 4.74 Å². The third kappa shape index (κ3) is 4.51. The third-order valence-electron chi connectivity index (χ3n) is 4.70. The maximum Gasteiger partial charge on any atom is 0.409 e. The summed E-state index contributed by atoms with van der Waals surface area (Å²) in [5.74, 6) is 0. The highest BCUT2D eigenvalue weighted by atomic mass is 32.2. The van der Waals surface area contributed by atoms with Crippen LogP contribution in [0.2, 0.25) is 0 Å². The van der Waals surface area contributed by atoms with Gasteiger partial charge < -0.3 is 9.84 Å². The van der Waals surface area contributed by atoms with Crippen LogP contribution in [0.15, 0.2) is 60.7 Å². The van der Waals surface area contributed by atoms with Gasteiger partial charge in [-0.15, -0.1) is 0 Å². The van der Waals surface area contributed by atoms with Gasteiger partial charge in [0.05, 0.1) is 12.6 Å². The smallest absolute Gasteiger partial charge is 0.409 e. The van der Waals surface area contributed by atoms with Gasteiger partial charge in [-0.3, -0.25) is 9.69 Å². The molecule has 0 spiro atoms. The van der Waals surface area contributed by atoms with E-state index in [4.69, 9.17) is 4.74 Å². The first-order valence-electron chi connectivity index (χ1n) is 8.85. The summed E-state index contributed by atoms with van der Waals surface area (Å²) < 4.78 is 5.70. The van der Waals surface area contributed by atoms with Gasteiger partial charge >= 0.3 is 6.09 Å². The van der Waals surface area contributed by atoms with E-state index < -0.39 is 11.8 Å². The second-order valence-electron chi connectivity index (χ2n) is 6.97. The second-order valence-corrected chi connectivity index (χ2v) is 8.15. The Hall–Kier alpha value is -2.31. The van der Waals surface area contributed by atoms with Crippen LogP contribution < -0.4 is 0 Å². The number of carboxylic acid groups (broad SMARTS) is 1. The molecule has 0 aromatic heterocycles. The molecule has 1 aliphatic rings. The highest BCUT2D eigenvalue weighted by Gasteiger charge is 2.44. The largest absolute Gasteiger partial charge is 0.465 e. The Kier molecular flexibility index (Phi) is 5.87. The molecule has 2 aromatic carbocycles. The summed E-state index contributed by atoms with van der Waals surface area (Å²) >= 11 is 1.24. The van der Waals surface area contributed by atoms with E-state index in [1.54, 1.807) is 26.0 Å². The highest BCUT2D eigenvalue weighted by molar-refractivity contribution is 8.14. The number of rotatable bonds is 5. The number of benzene rings is 2. The number of nitrogens with zero attached hydrogens (tertiary/aromatic N) is 1. The Bertz CT molecular complexity index is 794. The SMILES string of the molecule is CC1(C)OC[C@H](C[C@@H](SC(=O)c2ccccc2)c2ccccc2)N1C(=O)O. The quantitative estimate of drug-likeness (QED) is 0.800. The lowest BCUT2D eigenvalue weighted by Gasteiger charge is -2.32. The van der Waals surface area contributed by atoms with Crippen LogP contribution in [0.4, 0.5) is 4.79 Å². The molecule has 6 heteroatoms. The standard InChI is InChI=1S/C21H23NO4S/c1-21(2)22(20(24)25)17(14-26-21)13-18(15-9-5-3-6-10-15)27-19(23)16-11-7-4-8-12-16/h3-12,17-18H,13-14H2,1-2H3,(H,24,25)/t17-,18+/m0/s1. The van der Waals surface area contributed by atoms with E-state index in [2.05, 4.69) is 0 Å². The number of carbonyl (C=O) groups is 2. The molecule has 0 unspecified atom stereocenters. The molecule has 1 saturated heterocycles. The Morgan fingerprint density at radius 3 is 2.33 bits per heavy atom. The maximum absolute atomic E-state index is 12.7. The molecule has 2 aromatic rings. The van der Waals surface area contributed by atoms with Gasteiger partial charge in [0.1, 0.15) is 5.72 Å². The van der Waals surface area contributed by atoms with Crippen molar-refractivity contribution in [1.29, 1.82) is 0 Å². The average Bonchev–Trinajstić information content (AvgIpc) is 2.96. The molecule has 142 valence electrons. The summed E-state index contributed by atoms with van der Waals surface area (Å²) in [6.45, 7) is 3.82. The van der Waals surface area contributed by atoms with Crippen LogP contribution in [0, 0.1) is 0 Å². The topological polar surface area (TPSA) is 66.8 Å². The van der Waals surface area contributed by atoms with Crippen molar-refractivity contribution in [3.8, 4) is 0 Å². The number of thioether (sulfide) groups is 1. The van der Waals surface area contributed by atoms with Gasteiger partial charge in [-0.2, -0.15) is 0 Å². The van der Waals surface area contributed by atoms with Crippen LogP contribution >= 0.6 is 11.8 Å². The molecular formula is C21H23NO4S. The minimum absolute atomic E-state index is 0.0236. The van der Waals surface area contributed by atoms with Crippen molar-refractivity contribution in [3.05, 3.63) is 71.8 Å². The van der Waals surface area contributed by atoms with Crippen molar-refractivity contribution in [3.63, 3.8) is 0 Å². The fraction of sp³-hybridized carbons (Fsp3) is 0.333. The Morgan fingerprint density at radius 2 is 1.74 bits per heavy atom. The number of hydrogen-bond acceptors (Lipinski definition) is 4. The van der Waals surface area contributed by atoms with E-state index in [1.807, 2.05) is 48.5 Å². The monoisotopic (exact) mass is 385 g/mol. The lowest BCUT2D eigenvalue weighted by Crippen LogP contribution is -2.47. The summed E-state index contributed by atoms with van der Waals surface area (Å²) in [6.07, 6.45) is -0.503. The zero-order valence-corrected chi connectivity index (χ0v) is 16.2. The molecule has 0 radical (unpaired) electrons. The molecule has 0 aliphatic carbocycles.